The van der Waals surface area contributed by atoms with E-state index in [2.05, 4.69) is 21.3 Å². The van der Waals surface area contributed by atoms with Gasteiger partial charge in [-0.1, -0.05) is 0 Å². The molecule has 11 heavy (non-hydrogen) atoms. The molecule has 0 fully saturated rings. The van der Waals surface area contributed by atoms with E-state index in [1.165, 1.54) is 0 Å². The van der Waals surface area contributed by atoms with Crippen LogP contribution in [-0.4, -0.2) is 26.7 Å². The van der Waals surface area contributed by atoms with Crippen molar-refractivity contribution < 1.29 is 34.7 Å². The van der Waals surface area contributed by atoms with E-state index in [1.54, 1.807) is 0 Å². The van der Waals surface area contributed by atoms with Gasteiger partial charge in [-0.15, -0.1) is 0 Å². The maximum atomic E-state index is 8.46. The van der Waals surface area contributed by atoms with E-state index in [0.29, 0.717) is 12.2 Å². The molecule has 0 spiro atoms. The molecular formula is C5H7N4NaO. The molecule has 1 rings (SSSR count). The molecule has 6 heteroatoms. The van der Waals surface area contributed by atoms with Crippen LogP contribution < -0.4 is 35.3 Å². The van der Waals surface area contributed by atoms with Gasteiger partial charge >= 0.3 is 29.6 Å². The standard InChI is InChI=1S/C5H7N4O.Na/c6-5-8-3-7-4(9-5)1-2-10;/h10H,1-2H2,(H2,6,7,8,9);/q-1;+1. The Balaban J connectivity index is 0.000001000. The van der Waals surface area contributed by atoms with Crippen molar-refractivity contribution >= 4 is 5.95 Å². The number of hydrogen-bond acceptors (Lipinski definition) is 5. The molecule has 0 saturated heterocycles. The summed E-state index contributed by atoms with van der Waals surface area (Å²) in [5, 5.41) is 8.46. The van der Waals surface area contributed by atoms with Gasteiger partial charge in [0, 0.05) is 18.8 Å². The van der Waals surface area contributed by atoms with Gasteiger partial charge in [-0.05, 0) is 6.42 Å². The van der Waals surface area contributed by atoms with Gasteiger partial charge in [0.2, 0.25) is 0 Å². The molecule has 1 aromatic rings. The summed E-state index contributed by atoms with van der Waals surface area (Å²) < 4.78 is 0. The molecular weight excluding hydrogens is 155 g/mol. The number of nitrogens with zero attached hydrogens (tertiary/aromatic N) is 3. The number of nitrogen functional groups attached to an aromatic ring is 1. The minimum atomic E-state index is 0. The van der Waals surface area contributed by atoms with Gasteiger partial charge in [-0.2, -0.15) is 0 Å². The number of anilines is 1. The molecule has 1 aromatic heterocycles. The Morgan fingerprint density at radius 3 is 2.73 bits per heavy atom. The summed E-state index contributed by atoms with van der Waals surface area (Å²) in [5.41, 5.74) is 5.21. The van der Waals surface area contributed by atoms with E-state index in [0.717, 1.165) is 0 Å². The van der Waals surface area contributed by atoms with Gasteiger partial charge < -0.3 is 25.8 Å². The summed E-state index contributed by atoms with van der Waals surface area (Å²) in [7, 11) is 0. The molecule has 0 saturated carbocycles. The second-order valence-corrected chi connectivity index (χ2v) is 1.68. The first kappa shape index (κ1) is 10.8. The van der Waals surface area contributed by atoms with E-state index >= 15 is 0 Å². The molecule has 5 nitrogen and oxygen atoms in total. The van der Waals surface area contributed by atoms with Crippen LogP contribution in [0.5, 0.6) is 0 Å². The molecule has 0 aliphatic rings. The second-order valence-electron chi connectivity index (χ2n) is 1.68. The molecule has 54 valence electrons. The molecule has 0 aliphatic heterocycles. The van der Waals surface area contributed by atoms with Crippen LogP contribution in [-0.2, 0) is 6.42 Å². The third kappa shape index (κ3) is 3.62. The summed E-state index contributed by atoms with van der Waals surface area (Å²) in [4.78, 5) is 10.8. The molecule has 0 aromatic carbocycles. The fraction of sp³-hybridized carbons (Fsp3) is 0.400. The zero-order valence-electron chi connectivity index (χ0n) is 6.28. The topological polar surface area (TPSA) is 84.9 Å². The van der Waals surface area contributed by atoms with Crippen LogP contribution in [0.4, 0.5) is 5.95 Å². The van der Waals surface area contributed by atoms with Crippen LogP contribution in [0.15, 0.2) is 0 Å². The molecule has 0 bridgehead atoms. The summed E-state index contributed by atoms with van der Waals surface area (Å²) in [6.07, 6.45) is 2.71. The largest absolute Gasteiger partial charge is 1.00 e. The quantitative estimate of drug-likeness (QED) is 0.340. The van der Waals surface area contributed by atoms with Crippen LogP contribution in [0.25, 0.3) is 0 Å². The van der Waals surface area contributed by atoms with Gasteiger partial charge in [-0.3, -0.25) is 0 Å². The van der Waals surface area contributed by atoms with Crippen LogP contribution in [0, 0.1) is 6.33 Å². The molecule has 3 N–H and O–H groups in total. The third-order valence-electron chi connectivity index (χ3n) is 0.923. The number of aromatic nitrogens is 3. The maximum Gasteiger partial charge on any atom is 1.00 e. The Morgan fingerprint density at radius 2 is 2.18 bits per heavy atom. The van der Waals surface area contributed by atoms with E-state index in [4.69, 9.17) is 10.8 Å². The Labute approximate surface area is 86.4 Å². The summed E-state index contributed by atoms with van der Waals surface area (Å²) in [5.74, 6) is 0.605. The van der Waals surface area contributed by atoms with Crippen molar-refractivity contribution in [2.75, 3.05) is 12.3 Å². The van der Waals surface area contributed by atoms with Gasteiger partial charge in [0.1, 0.15) is 5.95 Å². The smallest absolute Gasteiger partial charge is 0.420 e. The number of nitrogens with two attached hydrogens (primary N) is 1. The minimum absolute atomic E-state index is 0. The summed E-state index contributed by atoms with van der Waals surface area (Å²) in [6, 6.07) is 0. The van der Waals surface area contributed by atoms with Crippen molar-refractivity contribution in [3.63, 3.8) is 0 Å². The first-order valence-corrected chi connectivity index (χ1v) is 2.80. The zero-order valence-corrected chi connectivity index (χ0v) is 8.28. The average Bonchev–Trinajstić information content (AvgIpc) is 1.88. The Hall–Kier alpha value is -0.230. The monoisotopic (exact) mass is 162 g/mol. The molecule has 0 radical (unpaired) electrons. The zero-order chi connectivity index (χ0) is 7.40. The number of rotatable bonds is 2. The van der Waals surface area contributed by atoms with E-state index in [1.807, 2.05) is 0 Å². The normalized spacial score (nSPS) is 8.82. The number of aliphatic hydroxyl groups excluding tert-OH is 1. The van der Waals surface area contributed by atoms with Crippen molar-refractivity contribution in [3.8, 4) is 0 Å². The molecule has 1 heterocycles. The van der Waals surface area contributed by atoms with Crippen LogP contribution in [0.3, 0.4) is 0 Å². The van der Waals surface area contributed by atoms with Gasteiger partial charge in [0.05, 0.1) is 0 Å². The van der Waals surface area contributed by atoms with E-state index in [-0.39, 0.29) is 42.1 Å². The minimum Gasteiger partial charge on any atom is -0.420 e. The maximum absolute atomic E-state index is 8.46. The first-order chi connectivity index (χ1) is 4.83. The summed E-state index contributed by atoms with van der Waals surface area (Å²) in [6.45, 7) is 0.0112. The first-order valence-electron chi connectivity index (χ1n) is 2.80. The predicted molar refractivity (Wildman–Crippen MR) is 33.9 cm³/mol. The Kier molecular flexibility index (Phi) is 5.31. The molecule has 0 unspecified atom stereocenters. The number of aliphatic hydroxyl groups is 1. The fourth-order valence-electron chi connectivity index (χ4n) is 0.528. The van der Waals surface area contributed by atoms with Crippen molar-refractivity contribution in [1.29, 1.82) is 0 Å². The van der Waals surface area contributed by atoms with Crippen LogP contribution in [0.1, 0.15) is 5.82 Å². The van der Waals surface area contributed by atoms with Crippen molar-refractivity contribution in [3.05, 3.63) is 12.2 Å². The Morgan fingerprint density at radius 1 is 1.45 bits per heavy atom. The van der Waals surface area contributed by atoms with Crippen LogP contribution in [0.2, 0.25) is 0 Å². The number of hydrogen-bond donors (Lipinski definition) is 2. The third-order valence-corrected chi connectivity index (χ3v) is 0.923. The van der Waals surface area contributed by atoms with Gasteiger partial charge in [0.15, 0.2) is 0 Å². The molecule has 0 amide bonds. The Bertz CT molecular complexity index is 219. The molecule has 0 aliphatic carbocycles. The van der Waals surface area contributed by atoms with Crippen molar-refractivity contribution in [1.82, 2.24) is 15.0 Å². The van der Waals surface area contributed by atoms with Gasteiger partial charge in [-0.25, -0.2) is 0 Å². The van der Waals surface area contributed by atoms with Gasteiger partial charge in [0.25, 0.3) is 0 Å². The SMILES string of the molecule is Nc1n[c-]nc(CCO)n1.[Na+]. The summed E-state index contributed by atoms with van der Waals surface area (Å²) >= 11 is 0. The average molecular weight is 162 g/mol. The van der Waals surface area contributed by atoms with Crippen molar-refractivity contribution in [2.45, 2.75) is 6.42 Å². The predicted octanol–water partition coefficient (Wildman–Crippen LogP) is -4.21. The fourth-order valence-corrected chi connectivity index (χ4v) is 0.528. The van der Waals surface area contributed by atoms with Crippen LogP contribution >= 0.6 is 0 Å². The molecule has 0 atom stereocenters. The second kappa shape index (κ2) is 5.42. The van der Waals surface area contributed by atoms with Crippen molar-refractivity contribution in [2.24, 2.45) is 0 Å². The van der Waals surface area contributed by atoms with E-state index in [9.17, 15) is 0 Å². The van der Waals surface area contributed by atoms with E-state index < -0.39 is 0 Å².